The number of hydrogen-bond donors (Lipinski definition) is 3. The molecule has 2 aliphatic rings. The molecule has 1 aromatic carbocycles. The third-order valence-electron chi connectivity index (χ3n) is 5.09. The molecule has 1 saturated carbocycles. The number of para-hydroxylation sites is 1. The number of carbonyl (C=O) groups is 2. The summed E-state index contributed by atoms with van der Waals surface area (Å²) in [5.41, 5.74) is 2.06. The second-order valence-electron chi connectivity index (χ2n) is 7.08. The first kappa shape index (κ1) is 16.0. The van der Waals surface area contributed by atoms with Gasteiger partial charge >= 0.3 is 6.03 Å². The Bertz CT molecular complexity index is 740. The van der Waals surface area contributed by atoms with Crippen LogP contribution in [0.3, 0.4) is 0 Å². The van der Waals surface area contributed by atoms with Crippen LogP contribution in [-0.2, 0) is 11.3 Å². The molecule has 3 N–H and O–H groups in total. The van der Waals surface area contributed by atoms with Crippen molar-refractivity contribution in [1.29, 1.82) is 0 Å². The number of amides is 3. The Hall–Kier alpha value is -2.50. The Labute approximate surface area is 147 Å². The molecule has 0 spiro atoms. The van der Waals surface area contributed by atoms with Gasteiger partial charge in [-0.15, -0.1) is 0 Å². The number of benzene rings is 1. The van der Waals surface area contributed by atoms with E-state index < -0.39 is 0 Å². The largest absolute Gasteiger partial charge is 0.357 e. The van der Waals surface area contributed by atoms with Gasteiger partial charge in [0.1, 0.15) is 0 Å². The fraction of sp³-hybridized carbons (Fsp3) is 0.474. The Morgan fingerprint density at radius 3 is 2.60 bits per heavy atom. The van der Waals surface area contributed by atoms with Crippen molar-refractivity contribution in [3.05, 3.63) is 36.0 Å². The molecule has 2 heterocycles. The maximum Gasteiger partial charge on any atom is 0.315 e. The van der Waals surface area contributed by atoms with E-state index in [0.29, 0.717) is 12.5 Å². The summed E-state index contributed by atoms with van der Waals surface area (Å²) >= 11 is 0. The molecule has 2 aromatic rings. The maximum absolute atomic E-state index is 12.1. The average molecular weight is 340 g/mol. The molecule has 1 aliphatic carbocycles. The number of likely N-dealkylation sites (tertiary alicyclic amines) is 1. The first-order chi connectivity index (χ1) is 12.2. The molecular weight excluding hydrogens is 316 g/mol. The van der Waals surface area contributed by atoms with Gasteiger partial charge in [-0.05, 0) is 43.2 Å². The Kier molecular flexibility index (Phi) is 4.34. The van der Waals surface area contributed by atoms with Crippen LogP contribution in [-0.4, -0.2) is 41.0 Å². The Morgan fingerprint density at radius 2 is 1.88 bits per heavy atom. The number of piperidine rings is 1. The van der Waals surface area contributed by atoms with Crippen molar-refractivity contribution < 1.29 is 9.59 Å². The molecular formula is C19H24N4O2. The van der Waals surface area contributed by atoms with E-state index in [0.717, 1.165) is 55.4 Å². The Morgan fingerprint density at radius 1 is 1.12 bits per heavy atom. The van der Waals surface area contributed by atoms with Crippen molar-refractivity contribution in [2.75, 3.05) is 13.1 Å². The lowest BCUT2D eigenvalue weighted by molar-refractivity contribution is -0.133. The summed E-state index contributed by atoms with van der Waals surface area (Å²) in [5, 5.41) is 7.08. The molecule has 132 valence electrons. The summed E-state index contributed by atoms with van der Waals surface area (Å²) in [6.07, 6.45) is 3.76. The highest BCUT2D eigenvalue weighted by Gasteiger charge is 2.35. The highest BCUT2D eigenvalue weighted by Crippen LogP contribution is 2.31. The van der Waals surface area contributed by atoms with Gasteiger partial charge in [-0.1, -0.05) is 18.2 Å². The molecule has 6 heteroatoms. The quantitative estimate of drug-likeness (QED) is 0.799. The van der Waals surface area contributed by atoms with Gasteiger partial charge in [-0.2, -0.15) is 0 Å². The van der Waals surface area contributed by atoms with Gasteiger partial charge in [0.2, 0.25) is 5.91 Å². The Balaban J connectivity index is 1.22. The molecule has 0 bridgehead atoms. The smallest absolute Gasteiger partial charge is 0.315 e. The number of hydrogen-bond acceptors (Lipinski definition) is 2. The summed E-state index contributed by atoms with van der Waals surface area (Å²) < 4.78 is 0. The van der Waals surface area contributed by atoms with Gasteiger partial charge in [0, 0.05) is 36.3 Å². The number of aromatic amines is 1. The number of aromatic nitrogens is 1. The van der Waals surface area contributed by atoms with E-state index in [1.165, 1.54) is 0 Å². The average Bonchev–Trinajstić information content (AvgIpc) is 3.39. The first-order valence-corrected chi connectivity index (χ1v) is 9.09. The van der Waals surface area contributed by atoms with Crippen LogP contribution in [0.15, 0.2) is 30.3 Å². The standard InChI is InChI=1S/C19H24N4O2/c24-18(13-5-6-13)23-9-7-15(8-10-23)22-19(25)20-12-16-11-14-3-1-2-4-17(14)21-16/h1-4,11,13,15,21H,5-10,12H2,(H2,20,22,25). The van der Waals surface area contributed by atoms with Gasteiger partial charge in [0.05, 0.1) is 6.54 Å². The molecule has 3 amide bonds. The second-order valence-corrected chi connectivity index (χ2v) is 7.08. The number of nitrogens with one attached hydrogen (secondary N) is 3. The normalized spacial score (nSPS) is 18.3. The predicted molar refractivity (Wildman–Crippen MR) is 96.0 cm³/mol. The van der Waals surface area contributed by atoms with Gasteiger partial charge < -0.3 is 20.5 Å². The van der Waals surface area contributed by atoms with Gasteiger partial charge in [-0.25, -0.2) is 4.79 Å². The summed E-state index contributed by atoms with van der Waals surface area (Å²) in [6.45, 7) is 1.98. The number of urea groups is 1. The zero-order chi connectivity index (χ0) is 17.2. The van der Waals surface area contributed by atoms with Crippen LogP contribution in [0.4, 0.5) is 4.79 Å². The zero-order valence-corrected chi connectivity index (χ0v) is 14.3. The number of nitrogens with zero attached hydrogens (tertiary/aromatic N) is 1. The van der Waals surface area contributed by atoms with Crippen molar-refractivity contribution >= 4 is 22.8 Å². The molecule has 0 atom stereocenters. The number of fused-ring (bicyclic) bond motifs is 1. The minimum absolute atomic E-state index is 0.144. The van der Waals surface area contributed by atoms with Crippen LogP contribution >= 0.6 is 0 Å². The molecule has 4 rings (SSSR count). The first-order valence-electron chi connectivity index (χ1n) is 9.09. The summed E-state index contributed by atoms with van der Waals surface area (Å²) in [4.78, 5) is 29.4. The minimum Gasteiger partial charge on any atom is -0.357 e. The van der Waals surface area contributed by atoms with Crippen molar-refractivity contribution in [3.8, 4) is 0 Å². The third kappa shape index (κ3) is 3.78. The topological polar surface area (TPSA) is 77.2 Å². The monoisotopic (exact) mass is 340 g/mol. The lowest BCUT2D eigenvalue weighted by Crippen LogP contribution is -2.49. The van der Waals surface area contributed by atoms with E-state index in [9.17, 15) is 9.59 Å². The van der Waals surface area contributed by atoms with Crippen LogP contribution in [0.25, 0.3) is 10.9 Å². The van der Waals surface area contributed by atoms with Crippen LogP contribution in [0.5, 0.6) is 0 Å². The van der Waals surface area contributed by atoms with Crippen LogP contribution in [0.2, 0.25) is 0 Å². The van der Waals surface area contributed by atoms with Crippen LogP contribution in [0, 0.1) is 5.92 Å². The number of rotatable bonds is 4. The molecule has 0 unspecified atom stereocenters. The van der Waals surface area contributed by atoms with Crippen LogP contribution in [0.1, 0.15) is 31.4 Å². The van der Waals surface area contributed by atoms with Gasteiger partial charge in [0.15, 0.2) is 0 Å². The van der Waals surface area contributed by atoms with Crippen molar-refractivity contribution in [2.24, 2.45) is 5.92 Å². The zero-order valence-electron chi connectivity index (χ0n) is 14.3. The van der Waals surface area contributed by atoms with E-state index in [1.807, 2.05) is 29.2 Å². The van der Waals surface area contributed by atoms with Crippen molar-refractivity contribution in [1.82, 2.24) is 20.5 Å². The molecule has 25 heavy (non-hydrogen) atoms. The molecule has 0 radical (unpaired) electrons. The second kappa shape index (κ2) is 6.78. The molecule has 6 nitrogen and oxygen atoms in total. The lowest BCUT2D eigenvalue weighted by atomic mass is 10.0. The lowest BCUT2D eigenvalue weighted by Gasteiger charge is -2.32. The number of H-pyrrole nitrogens is 1. The number of carbonyl (C=O) groups excluding carboxylic acids is 2. The van der Waals surface area contributed by atoms with E-state index in [-0.39, 0.29) is 18.0 Å². The van der Waals surface area contributed by atoms with Crippen molar-refractivity contribution in [2.45, 2.75) is 38.3 Å². The van der Waals surface area contributed by atoms with E-state index >= 15 is 0 Å². The molecule has 2 fully saturated rings. The van der Waals surface area contributed by atoms with Gasteiger partial charge in [0.25, 0.3) is 0 Å². The molecule has 1 aliphatic heterocycles. The fourth-order valence-electron chi connectivity index (χ4n) is 3.47. The summed E-state index contributed by atoms with van der Waals surface area (Å²) in [6, 6.07) is 10.1. The van der Waals surface area contributed by atoms with E-state index in [2.05, 4.69) is 21.7 Å². The van der Waals surface area contributed by atoms with Crippen molar-refractivity contribution in [3.63, 3.8) is 0 Å². The third-order valence-corrected chi connectivity index (χ3v) is 5.09. The molecule has 1 aromatic heterocycles. The van der Waals surface area contributed by atoms with E-state index in [1.54, 1.807) is 0 Å². The van der Waals surface area contributed by atoms with E-state index in [4.69, 9.17) is 0 Å². The highest BCUT2D eigenvalue weighted by molar-refractivity contribution is 5.81. The fourth-order valence-corrected chi connectivity index (χ4v) is 3.47. The van der Waals surface area contributed by atoms with Crippen LogP contribution < -0.4 is 10.6 Å². The maximum atomic E-state index is 12.1. The summed E-state index contributed by atoms with van der Waals surface area (Å²) in [7, 11) is 0. The summed E-state index contributed by atoms with van der Waals surface area (Å²) in [5.74, 6) is 0.589. The SMILES string of the molecule is O=C(NCc1cc2ccccc2[nH]1)NC1CCN(C(=O)C2CC2)CC1. The van der Waals surface area contributed by atoms with Gasteiger partial charge in [-0.3, -0.25) is 4.79 Å². The minimum atomic E-state index is -0.148. The highest BCUT2D eigenvalue weighted by atomic mass is 16.2. The predicted octanol–water partition coefficient (Wildman–Crippen LogP) is 2.37. The molecule has 1 saturated heterocycles.